The monoisotopic (exact) mass is 303 g/mol. The molecule has 1 aromatic heterocycles. The van der Waals surface area contributed by atoms with Gasteiger partial charge in [0.2, 0.25) is 0 Å². The van der Waals surface area contributed by atoms with Crippen molar-refractivity contribution in [3.05, 3.63) is 30.1 Å². The van der Waals surface area contributed by atoms with Crippen LogP contribution in [0.2, 0.25) is 0 Å². The highest BCUT2D eigenvalue weighted by molar-refractivity contribution is 5.09. The van der Waals surface area contributed by atoms with Crippen LogP contribution in [0.3, 0.4) is 0 Å². The van der Waals surface area contributed by atoms with E-state index in [-0.39, 0.29) is 0 Å². The molecule has 0 bridgehead atoms. The van der Waals surface area contributed by atoms with E-state index in [2.05, 4.69) is 35.9 Å². The van der Waals surface area contributed by atoms with Gasteiger partial charge in [0.1, 0.15) is 0 Å². The SMILES string of the molecule is CCC(C)CN(Cc1ccncc1)CC1CCC(CN)CC1. The molecule has 1 unspecified atom stereocenters. The maximum atomic E-state index is 5.82. The smallest absolute Gasteiger partial charge is 0.0271 e. The molecule has 22 heavy (non-hydrogen) atoms. The maximum Gasteiger partial charge on any atom is 0.0271 e. The molecule has 1 fully saturated rings. The minimum atomic E-state index is 0.766. The van der Waals surface area contributed by atoms with Crippen molar-refractivity contribution in [2.45, 2.75) is 52.5 Å². The summed E-state index contributed by atoms with van der Waals surface area (Å²) in [5.41, 5.74) is 7.20. The van der Waals surface area contributed by atoms with E-state index in [0.717, 1.165) is 30.8 Å². The summed E-state index contributed by atoms with van der Waals surface area (Å²) in [5, 5.41) is 0. The van der Waals surface area contributed by atoms with Gasteiger partial charge < -0.3 is 5.73 Å². The predicted molar refractivity (Wildman–Crippen MR) is 93.5 cm³/mol. The highest BCUT2D eigenvalue weighted by atomic mass is 15.1. The molecule has 1 atom stereocenters. The molecule has 0 radical (unpaired) electrons. The summed E-state index contributed by atoms with van der Waals surface area (Å²) in [5.74, 6) is 2.40. The molecular weight excluding hydrogens is 270 g/mol. The third-order valence-corrected chi connectivity index (χ3v) is 5.24. The number of nitrogens with zero attached hydrogens (tertiary/aromatic N) is 2. The fourth-order valence-corrected chi connectivity index (χ4v) is 3.53. The van der Waals surface area contributed by atoms with Gasteiger partial charge in [-0.1, -0.05) is 20.3 Å². The standard InChI is InChI=1S/C19H33N3/c1-3-16(2)13-22(15-19-8-10-21-11-9-19)14-18-6-4-17(12-20)5-7-18/h8-11,16-18H,3-7,12-15,20H2,1-2H3. The zero-order chi connectivity index (χ0) is 15.8. The summed E-state index contributed by atoms with van der Waals surface area (Å²) < 4.78 is 0. The molecule has 1 aliphatic rings. The van der Waals surface area contributed by atoms with Gasteiger partial charge in [-0.15, -0.1) is 0 Å². The largest absolute Gasteiger partial charge is 0.330 e. The number of aromatic nitrogens is 1. The van der Waals surface area contributed by atoms with Gasteiger partial charge in [-0.2, -0.15) is 0 Å². The van der Waals surface area contributed by atoms with Crippen molar-refractivity contribution in [1.82, 2.24) is 9.88 Å². The second-order valence-electron chi connectivity index (χ2n) is 7.19. The molecule has 1 heterocycles. The van der Waals surface area contributed by atoms with E-state index in [0.29, 0.717) is 0 Å². The van der Waals surface area contributed by atoms with Crippen LogP contribution in [0, 0.1) is 17.8 Å². The predicted octanol–water partition coefficient (Wildman–Crippen LogP) is 3.69. The van der Waals surface area contributed by atoms with E-state index in [4.69, 9.17) is 5.73 Å². The normalized spacial score (nSPS) is 23.6. The van der Waals surface area contributed by atoms with E-state index in [1.165, 1.54) is 50.8 Å². The number of pyridine rings is 1. The summed E-state index contributed by atoms with van der Waals surface area (Å²) in [6.45, 7) is 9.04. The molecule has 3 nitrogen and oxygen atoms in total. The fourth-order valence-electron chi connectivity index (χ4n) is 3.53. The lowest BCUT2D eigenvalue weighted by atomic mass is 9.81. The molecule has 1 aromatic rings. The summed E-state index contributed by atoms with van der Waals surface area (Å²) in [7, 11) is 0. The van der Waals surface area contributed by atoms with E-state index in [1.54, 1.807) is 0 Å². The Morgan fingerprint density at radius 2 is 1.82 bits per heavy atom. The molecule has 1 saturated carbocycles. The minimum Gasteiger partial charge on any atom is -0.330 e. The van der Waals surface area contributed by atoms with Crippen LogP contribution < -0.4 is 5.73 Å². The Hall–Kier alpha value is -0.930. The Balaban J connectivity index is 1.90. The molecule has 0 saturated heterocycles. The number of rotatable bonds is 8. The van der Waals surface area contributed by atoms with Gasteiger partial charge in [0.25, 0.3) is 0 Å². The van der Waals surface area contributed by atoms with Crippen LogP contribution in [-0.2, 0) is 6.54 Å². The lowest BCUT2D eigenvalue weighted by Crippen LogP contribution is -2.35. The van der Waals surface area contributed by atoms with Crippen molar-refractivity contribution in [3.63, 3.8) is 0 Å². The summed E-state index contributed by atoms with van der Waals surface area (Å²) >= 11 is 0. The fraction of sp³-hybridized carbons (Fsp3) is 0.737. The zero-order valence-electron chi connectivity index (χ0n) is 14.4. The molecule has 0 aliphatic heterocycles. The van der Waals surface area contributed by atoms with Crippen molar-refractivity contribution in [2.24, 2.45) is 23.5 Å². The second kappa shape index (κ2) is 9.26. The van der Waals surface area contributed by atoms with Crippen LogP contribution in [0.4, 0.5) is 0 Å². The van der Waals surface area contributed by atoms with Gasteiger partial charge in [0.05, 0.1) is 0 Å². The Morgan fingerprint density at radius 3 is 2.41 bits per heavy atom. The first-order valence-electron chi connectivity index (χ1n) is 9.02. The van der Waals surface area contributed by atoms with Crippen LogP contribution in [0.1, 0.15) is 51.5 Å². The molecule has 2 N–H and O–H groups in total. The third kappa shape index (κ3) is 5.69. The highest BCUT2D eigenvalue weighted by Gasteiger charge is 2.22. The highest BCUT2D eigenvalue weighted by Crippen LogP contribution is 2.29. The van der Waals surface area contributed by atoms with E-state index >= 15 is 0 Å². The first-order chi connectivity index (χ1) is 10.7. The second-order valence-corrected chi connectivity index (χ2v) is 7.19. The topological polar surface area (TPSA) is 42.2 Å². The molecule has 3 heteroatoms. The number of hydrogen-bond acceptors (Lipinski definition) is 3. The summed E-state index contributed by atoms with van der Waals surface area (Å²) in [4.78, 5) is 6.80. The Morgan fingerprint density at radius 1 is 1.18 bits per heavy atom. The lowest BCUT2D eigenvalue weighted by Gasteiger charge is -2.33. The van der Waals surface area contributed by atoms with Crippen LogP contribution in [0.5, 0.6) is 0 Å². The van der Waals surface area contributed by atoms with Gasteiger partial charge in [0, 0.05) is 32.0 Å². The molecule has 2 rings (SSSR count). The Kier molecular flexibility index (Phi) is 7.34. The molecule has 0 aromatic carbocycles. The van der Waals surface area contributed by atoms with Crippen LogP contribution in [0.15, 0.2) is 24.5 Å². The molecule has 124 valence electrons. The van der Waals surface area contributed by atoms with Gasteiger partial charge in [-0.25, -0.2) is 0 Å². The average molecular weight is 303 g/mol. The zero-order valence-corrected chi connectivity index (χ0v) is 14.4. The van der Waals surface area contributed by atoms with Gasteiger partial charge in [0.15, 0.2) is 0 Å². The minimum absolute atomic E-state index is 0.766. The van der Waals surface area contributed by atoms with Crippen molar-refractivity contribution < 1.29 is 0 Å². The first-order valence-corrected chi connectivity index (χ1v) is 9.02. The maximum absolute atomic E-state index is 5.82. The molecule has 0 spiro atoms. The van der Waals surface area contributed by atoms with Crippen molar-refractivity contribution in [3.8, 4) is 0 Å². The van der Waals surface area contributed by atoms with Gasteiger partial charge >= 0.3 is 0 Å². The summed E-state index contributed by atoms with van der Waals surface area (Å²) in [6.07, 6.45) is 10.4. The lowest BCUT2D eigenvalue weighted by molar-refractivity contribution is 0.158. The molecule has 1 aliphatic carbocycles. The van der Waals surface area contributed by atoms with Crippen molar-refractivity contribution in [1.29, 1.82) is 0 Å². The van der Waals surface area contributed by atoms with Crippen LogP contribution >= 0.6 is 0 Å². The van der Waals surface area contributed by atoms with Gasteiger partial charge in [-0.05, 0) is 67.7 Å². The third-order valence-electron chi connectivity index (χ3n) is 5.24. The van der Waals surface area contributed by atoms with Gasteiger partial charge in [-0.3, -0.25) is 9.88 Å². The van der Waals surface area contributed by atoms with Crippen LogP contribution in [-0.4, -0.2) is 29.5 Å². The number of hydrogen-bond donors (Lipinski definition) is 1. The first kappa shape index (κ1) is 17.4. The quantitative estimate of drug-likeness (QED) is 0.796. The van der Waals surface area contributed by atoms with E-state index in [1.807, 2.05) is 12.4 Å². The Bertz CT molecular complexity index is 398. The van der Waals surface area contributed by atoms with E-state index in [9.17, 15) is 0 Å². The molecule has 0 amide bonds. The number of nitrogens with two attached hydrogens (primary N) is 1. The summed E-state index contributed by atoms with van der Waals surface area (Å²) in [6, 6.07) is 4.30. The van der Waals surface area contributed by atoms with Crippen molar-refractivity contribution in [2.75, 3.05) is 19.6 Å². The van der Waals surface area contributed by atoms with Crippen LogP contribution in [0.25, 0.3) is 0 Å². The molecular formula is C19H33N3. The van der Waals surface area contributed by atoms with Crippen molar-refractivity contribution >= 4 is 0 Å². The average Bonchev–Trinajstić information content (AvgIpc) is 2.56. The van der Waals surface area contributed by atoms with E-state index < -0.39 is 0 Å². The Labute approximate surface area is 136 Å².